The fourth-order valence-corrected chi connectivity index (χ4v) is 4.20. The number of hydrogen-bond acceptors (Lipinski definition) is 5. The highest BCUT2D eigenvalue weighted by Crippen LogP contribution is 2.32. The molecule has 0 aliphatic carbocycles. The number of rotatable bonds is 2. The van der Waals surface area contributed by atoms with E-state index in [4.69, 9.17) is 5.11 Å². The minimum absolute atomic E-state index is 0.104. The summed E-state index contributed by atoms with van der Waals surface area (Å²) in [6, 6.07) is 5.67. The van der Waals surface area contributed by atoms with Crippen molar-refractivity contribution in [3.8, 4) is 0 Å². The van der Waals surface area contributed by atoms with Crippen LogP contribution in [0, 0.1) is 0 Å². The van der Waals surface area contributed by atoms with Crippen LogP contribution in [0.2, 0.25) is 0 Å². The topological polar surface area (TPSA) is 62.5 Å². The number of benzene rings is 1. The van der Waals surface area contributed by atoms with E-state index in [9.17, 15) is 4.79 Å². The molecule has 1 unspecified atom stereocenters. The zero-order valence-corrected chi connectivity index (χ0v) is 13.7. The fraction of sp³-hybridized carbons (Fsp3) is 0.400. The van der Waals surface area contributed by atoms with Crippen LogP contribution in [0.4, 0.5) is 0 Å². The molecule has 0 radical (unpaired) electrons. The fourth-order valence-electron chi connectivity index (χ4n) is 2.10. The first-order chi connectivity index (χ1) is 9.84. The standard InChI is InChI=1S/C15H16N2O2S2/c1-15(2,3)8-4-5-9-11(6-8)21-13(16-9)12-17-10(7-20-12)14(18)19/h4-6,10H,7H2,1-3H3,(H,18,19). The molecule has 1 N–H and O–H groups in total. The number of carbonyl (C=O) groups is 1. The highest BCUT2D eigenvalue weighted by atomic mass is 32.2. The van der Waals surface area contributed by atoms with Crippen LogP contribution in [-0.4, -0.2) is 32.9 Å². The van der Waals surface area contributed by atoms with Gasteiger partial charge in [0.05, 0.1) is 10.2 Å². The molecule has 21 heavy (non-hydrogen) atoms. The molecule has 1 aromatic carbocycles. The van der Waals surface area contributed by atoms with E-state index in [0.29, 0.717) is 5.75 Å². The summed E-state index contributed by atoms with van der Waals surface area (Å²) in [5.74, 6) is -0.373. The first-order valence-corrected chi connectivity index (χ1v) is 8.49. The Morgan fingerprint density at radius 1 is 1.38 bits per heavy atom. The molecular weight excluding hydrogens is 304 g/mol. The average Bonchev–Trinajstić information content (AvgIpc) is 3.03. The summed E-state index contributed by atoms with van der Waals surface area (Å²) in [6.07, 6.45) is 0. The molecule has 1 atom stereocenters. The van der Waals surface area contributed by atoms with Crippen LogP contribution in [0.25, 0.3) is 10.2 Å². The Hall–Kier alpha value is -1.40. The van der Waals surface area contributed by atoms with Gasteiger partial charge in [-0.2, -0.15) is 0 Å². The van der Waals surface area contributed by atoms with E-state index in [2.05, 4.69) is 42.9 Å². The number of thiazole rings is 1. The van der Waals surface area contributed by atoms with Gasteiger partial charge in [0.1, 0.15) is 10.1 Å². The summed E-state index contributed by atoms with van der Waals surface area (Å²) in [5.41, 5.74) is 2.33. The molecule has 2 heterocycles. The number of nitrogens with zero attached hydrogens (tertiary/aromatic N) is 2. The van der Waals surface area contributed by atoms with Gasteiger partial charge in [0.25, 0.3) is 0 Å². The number of hydrogen-bond donors (Lipinski definition) is 1. The second kappa shape index (κ2) is 5.10. The molecule has 2 aromatic rings. The van der Waals surface area contributed by atoms with Gasteiger partial charge in [0, 0.05) is 5.75 Å². The minimum Gasteiger partial charge on any atom is -0.480 e. The monoisotopic (exact) mass is 320 g/mol. The third-order valence-corrected chi connectivity index (χ3v) is 5.58. The number of aromatic nitrogens is 1. The molecule has 0 fully saturated rings. The maximum Gasteiger partial charge on any atom is 0.329 e. The van der Waals surface area contributed by atoms with Gasteiger partial charge in [-0.3, -0.25) is 4.99 Å². The lowest BCUT2D eigenvalue weighted by Crippen LogP contribution is -2.17. The molecule has 3 rings (SSSR count). The SMILES string of the molecule is CC(C)(C)c1ccc2nc(C3=NC(C(=O)O)CS3)sc2c1. The molecule has 110 valence electrons. The summed E-state index contributed by atoms with van der Waals surface area (Å²) >= 11 is 3.06. The number of aliphatic carboxylic acids is 1. The number of aliphatic imine (C=N–C) groups is 1. The second-order valence-electron chi connectivity index (χ2n) is 6.05. The zero-order valence-electron chi connectivity index (χ0n) is 12.1. The lowest BCUT2D eigenvalue weighted by molar-refractivity contribution is -0.137. The number of carboxylic acid groups (broad SMARTS) is 1. The van der Waals surface area contributed by atoms with Crippen molar-refractivity contribution in [2.24, 2.45) is 4.99 Å². The molecule has 1 aromatic heterocycles. The molecule has 0 amide bonds. The van der Waals surface area contributed by atoms with Crippen molar-refractivity contribution in [3.63, 3.8) is 0 Å². The van der Waals surface area contributed by atoms with Crippen molar-refractivity contribution in [1.29, 1.82) is 0 Å². The van der Waals surface area contributed by atoms with Crippen molar-refractivity contribution in [1.82, 2.24) is 4.98 Å². The first-order valence-electron chi connectivity index (χ1n) is 6.69. The number of fused-ring (bicyclic) bond motifs is 1. The number of carboxylic acids is 1. The van der Waals surface area contributed by atoms with E-state index < -0.39 is 12.0 Å². The van der Waals surface area contributed by atoms with Crippen LogP contribution in [0.3, 0.4) is 0 Å². The van der Waals surface area contributed by atoms with E-state index in [1.807, 2.05) is 6.07 Å². The predicted octanol–water partition coefficient (Wildman–Crippen LogP) is 3.54. The third-order valence-electron chi connectivity index (χ3n) is 3.37. The maximum absolute atomic E-state index is 11.0. The molecule has 0 spiro atoms. The van der Waals surface area contributed by atoms with Crippen LogP contribution >= 0.6 is 23.1 Å². The van der Waals surface area contributed by atoms with Crippen LogP contribution in [0.15, 0.2) is 23.2 Å². The molecule has 0 saturated heterocycles. The van der Waals surface area contributed by atoms with E-state index in [1.165, 1.54) is 17.3 Å². The lowest BCUT2D eigenvalue weighted by atomic mass is 9.87. The highest BCUT2D eigenvalue weighted by Gasteiger charge is 2.27. The predicted molar refractivity (Wildman–Crippen MR) is 88.7 cm³/mol. The van der Waals surface area contributed by atoms with Crippen molar-refractivity contribution < 1.29 is 9.90 Å². The molecule has 0 saturated carbocycles. The Morgan fingerprint density at radius 2 is 2.14 bits per heavy atom. The van der Waals surface area contributed by atoms with Gasteiger partial charge >= 0.3 is 5.97 Å². The van der Waals surface area contributed by atoms with E-state index in [1.54, 1.807) is 11.3 Å². The summed E-state index contributed by atoms with van der Waals surface area (Å²) in [6.45, 7) is 6.55. The van der Waals surface area contributed by atoms with Crippen molar-refractivity contribution in [3.05, 3.63) is 28.8 Å². The minimum atomic E-state index is -0.867. The first kappa shape index (κ1) is 14.5. The van der Waals surface area contributed by atoms with E-state index in [0.717, 1.165) is 20.3 Å². The lowest BCUT2D eigenvalue weighted by Gasteiger charge is -2.18. The Balaban J connectivity index is 1.99. The Morgan fingerprint density at radius 3 is 2.76 bits per heavy atom. The molecule has 0 bridgehead atoms. The smallest absolute Gasteiger partial charge is 0.329 e. The molecule has 1 aliphatic rings. The van der Waals surface area contributed by atoms with Crippen LogP contribution < -0.4 is 0 Å². The van der Waals surface area contributed by atoms with Crippen LogP contribution in [-0.2, 0) is 10.2 Å². The van der Waals surface area contributed by atoms with Crippen LogP contribution in [0.1, 0.15) is 31.3 Å². The van der Waals surface area contributed by atoms with Crippen LogP contribution in [0.5, 0.6) is 0 Å². The van der Waals surface area contributed by atoms with Gasteiger partial charge in [0.2, 0.25) is 0 Å². The molecular formula is C15H16N2O2S2. The van der Waals surface area contributed by atoms with E-state index in [-0.39, 0.29) is 5.41 Å². The highest BCUT2D eigenvalue weighted by molar-refractivity contribution is 8.15. The molecule has 1 aliphatic heterocycles. The second-order valence-corrected chi connectivity index (χ2v) is 8.09. The summed E-state index contributed by atoms with van der Waals surface area (Å²) < 4.78 is 1.12. The van der Waals surface area contributed by atoms with Gasteiger partial charge in [-0.1, -0.05) is 26.8 Å². The Labute approximate surface area is 131 Å². The average molecular weight is 320 g/mol. The van der Waals surface area contributed by atoms with Crippen molar-refractivity contribution >= 4 is 44.3 Å². The Kier molecular flexibility index (Phi) is 3.53. The molecule has 6 heteroatoms. The molecule has 4 nitrogen and oxygen atoms in total. The van der Waals surface area contributed by atoms with Gasteiger partial charge in [-0.25, -0.2) is 9.78 Å². The zero-order chi connectivity index (χ0) is 15.2. The van der Waals surface area contributed by atoms with Gasteiger partial charge in [-0.05, 0) is 23.1 Å². The quantitative estimate of drug-likeness (QED) is 0.919. The summed E-state index contributed by atoms with van der Waals surface area (Å²) in [7, 11) is 0. The van der Waals surface area contributed by atoms with Crippen molar-refractivity contribution in [2.45, 2.75) is 32.2 Å². The number of thioether (sulfide) groups is 1. The van der Waals surface area contributed by atoms with E-state index >= 15 is 0 Å². The summed E-state index contributed by atoms with van der Waals surface area (Å²) in [5, 5.41) is 10.6. The van der Waals surface area contributed by atoms with Gasteiger partial charge < -0.3 is 5.11 Å². The summed E-state index contributed by atoms with van der Waals surface area (Å²) in [4.78, 5) is 19.8. The Bertz CT molecular complexity index is 744. The third kappa shape index (κ3) is 2.82. The largest absolute Gasteiger partial charge is 0.480 e. The van der Waals surface area contributed by atoms with Gasteiger partial charge in [0.15, 0.2) is 6.04 Å². The normalized spacial score (nSPS) is 19.0. The van der Waals surface area contributed by atoms with Crippen molar-refractivity contribution in [2.75, 3.05) is 5.75 Å². The van der Waals surface area contributed by atoms with Gasteiger partial charge in [-0.15, -0.1) is 23.1 Å². The maximum atomic E-state index is 11.0.